The van der Waals surface area contributed by atoms with E-state index in [4.69, 9.17) is 4.74 Å². The van der Waals surface area contributed by atoms with E-state index in [1.165, 1.54) is 6.42 Å². The topological polar surface area (TPSA) is 43.4 Å². The summed E-state index contributed by atoms with van der Waals surface area (Å²) in [7, 11) is 0. The van der Waals surface area contributed by atoms with Gasteiger partial charge in [-0.3, -0.25) is 9.59 Å². The molecule has 0 bridgehead atoms. The molecule has 0 aromatic carbocycles. The molecule has 0 aliphatic heterocycles. The number of hydrogen-bond donors (Lipinski definition) is 0. The highest BCUT2D eigenvalue weighted by molar-refractivity contribution is 5.84. The van der Waals surface area contributed by atoms with Crippen LogP contribution < -0.4 is 0 Å². The summed E-state index contributed by atoms with van der Waals surface area (Å²) >= 11 is 0. The minimum atomic E-state index is -0.213. The normalized spacial score (nSPS) is 16.5. The molecule has 18 heavy (non-hydrogen) atoms. The molecular weight excluding hydrogens is 228 g/mol. The highest BCUT2D eigenvalue weighted by Gasteiger charge is 2.21. The Kier molecular flexibility index (Phi) is 7.70. The number of ether oxygens (including phenoxy) is 1. The second-order valence-electron chi connectivity index (χ2n) is 5.23. The Labute approximate surface area is 110 Å². The molecule has 0 spiro atoms. The summed E-state index contributed by atoms with van der Waals surface area (Å²) in [5.41, 5.74) is 0. The van der Waals surface area contributed by atoms with Crippen molar-refractivity contribution in [3.63, 3.8) is 0 Å². The Hall–Kier alpha value is -0.860. The van der Waals surface area contributed by atoms with Crippen LogP contribution in [0.4, 0.5) is 0 Å². The van der Waals surface area contributed by atoms with Gasteiger partial charge in [-0.15, -0.1) is 0 Å². The highest BCUT2D eigenvalue weighted by atomic mass is 16.5. The monoisotopic (exact) mass is 254 g/mol. The lowest BCUT2D eigenvalue weighted by Crippen LogP contribution is -2.19. The van der Waals surface area contributed by atoms with E-state index in [2.05, 4.69) is 6.92 Å². The van der Waals surface area contributed by atoms with Gasteiger partial charge in [0.05, 0.1) is 13.0 Å². The second-order valence-corrected chi connectivity index (χ2v) is 5.23. The standard InChI is InChI=1S/C15H26O3/c1-2-3-7-12-18-15(17)11-10-14(16)13-8-5-4-6-9-13/h13H,2-12H2,1H3. The van der Waals surface area contributed by atoms with Crippen molar-refractivity contribution < 1.29 is 14.3 Å². The van der Waals surface area contributed by atoms with Crippen LogP contribution in [0.15, 0.2) is 0 Å². The molecule has 0 saturated heterocycles. The Morgan fingerprint density at radius 1 is 1.06 bits per heavy atom. The predicted octanol–water partition coefficient (Wildman–Crippen LogP) is 3.65. The van der Waals surface area contributed by atoms with Crippen molar-refractivity contribution in [1.29, 1.82) is 0 Å². The summed E-state index contributed by atoms with van der Waals surface area (Å²) in [4.78, 5) is 23.3. The van der Waals surface area contributed by atoms with Gasteiger partial charge in [0.25, 0.3) is 0 Å². The maximum atomic E-state index is 11.9. The Bertz CT molecular complexity index is 254. The Morgan fingerprint density at radius 2 is 1.78 bits per heavy atom. The zero-order valence-corrected chi connectivity index (χ0v) is 11.6. The van der Waals surface area contributed by atoms with Crippen molar-refractivity contribution in [3.05, 3.63) is 0 Å². The number of carbonyl (C=O) groups excluding carboxylic acids is 2. The Balaban J connectivity index is 2.07. The third-order valence-electron chi connectivity index (χ3n) is 3.65. The first kappa shape index (κ1) is 15.2. The summed E-state index contributed by atoms with van der Waals surface area (Å²) in [5.74, 6) is 0.266. The average Bonchev–Trinajstić information content (AvgIpc) is 2.42. The molecule has 0 aromatic rings. The number of ketones is 1. The number of carbonyl (C=O) groups is 2. The molecule has 1 fully saturated rings. The lowest BCUT2D eigenvalue weighted by Gasteiger charge is -2.19. The summed E-state index contributed by atoms with van der Waals surface area (Å²) in [6.07, 6.45) is 9.40. The van der Waals surface area contributed by atoms with E-state index in [0.717, 1.165) is 44.9 Å². The van der Waals surface area contributed by atoms with Gasteiger partial charge in [-0.2, -0.15) is 0 Å². The SMILES string of the molecule is CCCCCOC(=O)CCC(=O)C1CCCCC1. The molecule has 1 aliphatic rings. The van der Waals surface area contributed by atoms with Gasteiger partial charge >= 0.3 is 5.97 Å². The largest absolute Gasteiger partial charge is 0.466 e. The van der Waals surface area contributed by atoms with Gasteiger partial charge in [-0.25, -0.2) is 0 Å². The van der Waals surface area contributed by atoms with E-state index in [9.17, 15) is 9.59 Å². The van der Waals surface area contributed by atoms with Crippen molar-refractivity contribution >= 4 is 11.8 Å². The molecule has 3 heteroatoms. The van der Waals surface area contributed by atoms with Crippen LogP contribution >= 0.6 is 0 Å². The minimum Gasteiger partial charge on any atom is -0.466 e. The number of unbranched alkanes of at least 4 members (excludes halogenated alkanes) is 2. The van der Waals surface area contributed by atoms with Gasteiger partial charge < -0.3 is 4.74 Å². The fourth-order valence-electron chi connectivity index (χ4n) is 2.46. The van der Waals surface area contributed by atoms with Crippen LogP contribution in [0.25, 0.3) is 0 Å². The number of hydrogen-bond acceptors (Lipinski definition) is 3. The van der Waals surface area contributed by atoms with Crippen molar-refractivity contribution in [3.8, 4) is 0 Å². The maximum Gasteiger partial charge on any atom is 0.306 e. The molecule has 3 nitrogen and oxygen atoms in total. The number of rotatable bonds is 8. The summed E-state index contributed by atoms with van der Waals surface area (Å²) in [5, 5.41) is 0. The van der Waals surface area contributed by atoms with Crippen LogP contribution in [0.3, 0.4) is 0 Å². The average molecular weight is 254 g/mol. The van der Waals surface area contributed by atoms with E-state index in [-0.39, 0.29) is 24.1 Å². The van der Waals surface area contributed by atoms with Gasteiger partial charge in [-0.05, 0) is 19.3 Å². The van der Waals surface area contributed by atoms with Crippen molar-refractivity contribution in [2.45, 2.75) is 71.1 Å². The van der Waals surface area contributed by atoms with Gasteiger partial charge in [0, 0.05) is 12.3 Å². The van der Waals surface area contributed by atoms with Gasteiger partial charge in [0.1, 0.15) is 5.78 Å². The molecule has 0 amide bonds. The first-order chi connectivity index (χ1) is 8.74. The van der Waals surface area contributed by atoms with E-state index in [0.29, 0.717) is 13.0 Å². The van der Waals surface area contributed by atoms with Crippen LogP contribution in [0.5, 0.6) is 0 Å². The smallest absolute Gasteiger partial charge is 0.306 e. The highest BCUT2D eigenvalue weighted by Crippen LogP contribution is 2.25. The van der Waals surface area contributed by atoms with Crippen LogP contribution in [0.2, 0.25) is 0 Å². The summed E-state index contributed by atoms with van der Waals surface area (Å²) < 4.78 is 5.09. The van der Waals surface area contributed by atoms with Crippen LogP contribution in [0.1, 0.15) is 71.1 Å². The molecule has 0 aromatic heterocycles. The van der Waals surface area contributed by atoms with Crippen LogP contribution in [0, 0.1) is 5.92 Å². The van der Waals surface area contributed by atoms with Crippen molar-refractivity contribution in [2.75, 3.05) is 6.61 Å². The quantitative estimate of drug-likeness (QED) is 0.490. The molecule has 1 saturated carbocycles. The van der Waals surface area contributed by atoms with Crippen molar-refractivity contribution in [1.82, 2.24) is 0 Å². The third-order valence-corrected chi connectivity index (χ3v) is 3.65. The zero-order chi connectivity index (χ0) is 13.2. The predicted molar refractivity (Wildman–Crippen MR) is 71.3 cm³/mol. The Morgan fingerprint density at radius 3 is 2.44 bits per heavy atom. The molecule has 0 heterocycles. The van der Waals surface area contributed by atoms with Crippen LogP contribution in [-0.2, 0) is 14.3 Å². The van der Waals surface area contributed by atoms with Crippen LogP contribution in [-0.4, -0.2) is 18.4 Å². The number of Topliss-reactive ketones (excluding diaryl/α,β-unsaturated/α-hetero) is 1. The van der Waals surface area contributed by atoms with Crippen molar-refractivity contribution in [2.24, 2.45) is 5.92 Å². The molecule has 0 atom stereocenters. The van der Waals surface area contributed by atoms with E-state index < -0.39 is 0 Å². The minimum absolute atomic E-state index is 0.213. The summed E-state index contributed by atoms with van der Waals surface area (Å²) in [6.45, 7) is 2.62. The van der Waals surface area contributed by atoms with Gasteiger partial charge in [-0.1, -0.05) is 39.0 Å². The molecule has 1 aliphatic carbocycles. The van der Waals surface area contributed by atoms with Gasteiger partial charge in [0.2, 0.25) is 0 Å². The number of esters is 1. The zero-order valence-electron chi connectivity index (χ0n) is 11.6. The lowest BCUT2D eigenvalue weighted by atomic mass is 9.85. The molecule has 104 valence electrons. The maximum absolute atomic E-state index is 11.9. The first-order valence-corrected chi connectivity index (χ1v) is 7.42. The lowest BCUT2D eigenvalue weighted by molar-refractivity contribution is -0.145. The molecular formula is C15H26O3. The molecule has 0 unspecified atom stereocenters. The van der Waals surface area contributed by atoms with E-state index in [1.807, 2.05) is 0 Å². The fourth-order valence-corrected chi connectivity index (χ4v) is 2.46. The second kappa shape index (κ2) is 9.12. The molecule has 1 rings (SSSR count). The van der Waals surface area contributed by atoms with E-state index in [1.54, 1.807) is 0 Å². The van der Waals surface area contributed by atoms with E-state index >= 15 is 0 Å². The fraction of sp³-hybridized carbons (Fsp3) is 0.867. The first-order valence-electron chi connectivity index (χ1n) is 7.42. The summed E-state index contributed by atoms with van der Waals surface area (Å²) in [6, 6.07) is 0. The molecule has 0 radical (unpaired) electrons. The van der Waals surface area contributed by atoms with Gasteiger partial charge in [0.15, 0.2) is 0 Å². The molecule has 0 N–H and O–H groups in total. The third kappa shape index (κ3) is 6.18.